The lowest BCUT2D eigenvalue weighted by molar-refractivity contribution is 0.111. The molecule has 5 nitrogen and oxygen atoms in total. The van der Waals surface area contributed by atoms with Crippen LogP contribution in [0.25, 0.3) is 21.9 Å². The van der Waals surface area contributed by atoms with Crippen molar-refractivity contribution in [1.29, 1.82) is 0 Å². The van der Waals surface area contributed by atoms with Crippen LogP contribution in [0, 0.1) is 0 Å². The van der Waals surface area contributed by atoms with Gasteiger partial charge in [-0.2, -0.15) is 0 Å². The Balaban J connectivity index is 2.38. The molecule has 24 heavy (non-hydrogen) atoms. The van der Waals surface area contributed by atoms with Crippen LogP contribution < -0.4 is 15.0 Å². The van der Waals surface area contributed by atoms with Crippen molar-refractivity contribution in [3.63, 3.8) is 0 Å². The third-order valence-corrected chi connectivity index (χ3v) is 4.06. The summed E-state index contributed by atoms with van der Waals surface area (Å²) in [6, 6.07) is 11.0. The van der Waals surface area contributed by atoms with Gasteiger partial charge in [0.25, 0.3) is 5.56 Å². The Kier molecular flexibility index (Phi) is 4.08. The number of hydrogen-bond donors (Lipinski definition) is 0. The SMILES string of the molecule is COc1cc(-c2cn(C)c(=O)c3ccccc23)cc(OC)c1C=O. The summed E-state index contributed by atoms with van der Waals surface area (Å²) in [5.74, 6) is 0.856. The van der Waals surface area contributed by atoms with Crippen molar-refractivity contribution >= 4 is 17.1 Å². The quantitative estimate of drug-likeness (QED) is 0.693. The lowest BCUT2D eigenvalue weighted by atomic mass is 9.98. The maximum Gasteiger partial charge on any atom is 0.258 e. The molecule has 1 aromatic heterocycles. The van der Waals surface area contributed by atoms with Crippen molar-refractivity contribution in [2.24, 2.45) is 7.05 Å². The van der Waals surface area contributed by atoms with E-state index in [-0.39, 0.29) is 5.56 Å². The standard InChI is InChI=1S/C19H17NO4/c1-20-10-15(13-6-4-5-7-14(13)19(20)22)12-8-17(23-2)16(11-21)18(9-12)24-3/h4-11H,1-3H3. The van der Waals surface area contributed by atoms with E-state index < -0.39 is 0 Å². The zero-order valence-electron chi connectivity index (χ0n) is 13.7. The summed E-state index contributed by atoms with van der Waals surface area (Å²) in [6.45, 7) is 0. The fourth-order valence-electron chi connectivity index (χ4n) is 2.86. The second-order valence-electron chi connectivity index (χ2n) is 5.42. The molecular formula is C19H17NO4. The van der Waals surface area contributed by atoms with E-state index in [1.54, 1.807) is 36.0 Å². The van der Waals surface area contributed by atoms with Crippen LogP contribution in [-0.4, -0.2) is 25.1 Å². The van der Waals surface area contributed by atoms with E-state index in [1.807, 2.05) is 18.2 Å². The summed E-state index contributed by atoms with van der Waals surface area (Å²) in [5, 5.41) is 1.47. The molecule has 0 unspecified atom stereocenters. The second kappa shape index (κ2) is 6.20. The van der Waals surface area contributed by atoms with Crippen LogP contribution in [0.2, 0.25) is 0 Å². The average Bonchev–Trinajstić information content (AvgIpc) is 2.63. The highest BCUT2D eigenvalue weighted by atomic mass is 16.5. The number of carbonyl (C=O) groups is 1. The number of hydrogen-bond acceptors (Lipinski definition) is 4. The van der Waals surface area contributed by atoms with Gasteiger partial charge in [0.15, 0.2) is 6.29 Å². The van der Waals surface area contributed by atoms with E-state index in [0.29, 0.717) is 28.7 Å². The normalized spacial score (nSPS) is 10.6. The zero-order chi connectivity index (χ0) is 17.3. The minimum atomic E-state index is -0.0576. The summed E-state index contributed by atoms with van der Waals surface area (Å²) in [4.78, 5) is 23.6. The molecule has 0 atom stereocenters. The van der Waals surface area contributed by atoms with Crippen molar-refractivity contribution in [2.75, 3.05) is 14.2 Å². The van der Waals surface area contributed by atoms with Gasteiger partial charge in [-0.15, -0.1) is 0 Å². The van der Waals surface area contributed by atoms with Crippen LogP contribution in [0.1, 0.15) is 10.4 Å². The summed E-state index contributed by atoms with van der Waals surface area (Å²) in [6.07, 6.45) is 2.49. The van der Waals surface area contributed by atoms with Gasteiger partial charge >= 0.3 is 0 Å². The number of aldehydes is 1. The number of ether oxygens (including phenoxy) is 2. The van der Waals surface area contributed by atoms with E-state index in [4.69, 9.17) is 9.47 Å². The number of aryl methyl sites for hydroxylation is 1. The molecule has 0 spiro atoms. The molecule has 122 valence electrons. The predicted octanol–water partition coefficient (Wildman–Crippen LogP) is 3.04. The molecule has 5 heteroatoms. The fourth-order valence-corrected chi connectivity index (χ4v) is 2.86. The average molecular weight is 323 g/mol. The molecule has 0 N–H and O–H groups in total. The third kappa shape index (κ3) is 2.44. The van der Waals surface area contributed by atoms with Crippen molar-refractivity contribution < 1.29 is 14.3 Å². The Labute approximate surface area is 139 Å². The zero-order valence-corrected chi connectivity index (χ0v) is 13.7. The van der Waals surface area contributed by atoms with Gasteiger partial charge in [0, 0.05) is 24.2 Å². The molecule has 3 aromatic rings. The molecule has 0 saturated carbocycles. The number of fused-ring (bicyclic) bond motifs is 1. The highest BCUT2D eigenvalue weighted by Crippen LogP contribution is 2.36. The summed E-state index contributed by atoms with van der Waals surface area (Å²) >= 11 is 0. The van der Waals surface area contributed by atoms with Gasteiger partial charge in [0.1, 0.15) is 11.5 Å². The first-order valence-electron chi connectivity index (χ1n) is 7.40. The van der Waals surface area contributed by atoms with Gasteiger partial charge in [0.2, 0.25) is 0 Å². The summed E-state index contributed by atoms with van der Waals surface area (Å²) in [5.41, 5.74) is 1.97. The maximum absolute atomic E-state index is 12.3. The summed E-state index contributed by atoms with van der Waals surface area (Å²) < 4.78 is 12.2. The number of pyridine rings is 1. The highest BCUT2D eigenvalue weighted by Gasteiger charge is 2.15. The van der Waals surface area contributed by atoms with Gasteiger partial charge in [-0.05, 0) is 29.1 Å². The number of carbonyl (C=O) groups excluding carboxylic acids is 1. The number of aromatic nitrogens is 1. The predicted molar refractivity (Wildman–Crippen MR) is 93.1 cm³/mol. The maximum atomic E-state index is 12.3. The van der Waals surface area contributed by atoms with Gasteiger partial charge in [-0.25, -0.2) is 0 Å². The smallest absolute Gasteiger partial charge is 0.258 e. The van der Waals surface area contributed by atoms with Crippen LogP contribution in [0.5, 0.6) is 11.5 Å². The molecule has 0 aliphatic heterocycles. The van der Waals surface area contributed by atoms with Crippen LogP contribution in [0.4, 0.5) is 0 Å². The molecule has 3 rings (SSSR count). The number of benzene rings is 2. The molecule has 1 heterocycles. The minimum absolute atomic E-state index is 0.0576. The van der Waals surface area contributed by atoms with Crippen molar-refractivity contribution in [1.82, 2.24) is 4.57 Å². The van der Waals surface area contributed by atoms with Gasteiger partial charge in [-0.3, -0.25) is 9.59 Å². The molecule has 0 aliphatic carbocycles. The molecule has 0 bridgehead atoms. The molecular weight excluding hydrogens is 306 g/mol. The largest absolute Gasteiger partial charge is 0.496 e. The Morgan fingerprint density at radius 1 is 1.00 bits per heavy atom. The second-order valence-corrected chi connectivity index (χ2v) is 5.42. The Morgan fingerprint density at radius 2 is 1.58 bits per heavy atom. The Bertz CT molecular complexity index is 963. The molecule has 0 fully saturated rings. The third-order valence-electron chi connectivity index (χ3n) is 4.06. The monoisotopic (exact) mass is 323 g/mol. The molecule has 2 aromatic carbocycles. The van der Waals surface area contributed by atoms with Crippen LogP contribution >= 0.6 is 0 Å². The number of rotatable bonds is 4. The van der Waals surface area contributed by atoms with Crippen molar-refractivity contribution in [2.45, 2.75) is 0 Å². The molecule has 0 saturated heterocycles. The van der Waals surface area contributed by atoms with E-state index >= 15 is 0 Å². The fraction of sp³-hybridized carbons (Fsp3) is 0.158. The van der Waals surface area contributed by atoms with Crippen molar-refractivity contribution in [3.8, 4) is 22.6 Å². The lowest BCUT2D eigenvalue weighted by Crippen LogP contribution is -2.16. The van der Waals surface area contributed by atoms with E-state index in [9.17, 15) is 9.59 Å². The van der Waals surface area contributed by atoms with Gasteiger partial charge in [0.05, 0.1) is 19.8 Å². The number of nitrogens with zero attached hydrogens (tertiary/aromatic N) is 1. The Morgan fingerprint density at radius 3 is 2.12 bits per heavy atom. The minimum Gasteiger partial charge on any atom is -0.496 e. The topological polar surface area (TPSA) is 57.5 Å². The van der Waals surface area contributed by atoms with Gasteiger partial charge in [-0.1, -0.05) is 18.2 Å². The van der Waals surface area contributed by atoms with E-state index in [0.717, 1.165) is 16.5 Å². The van der Waals surface area contributed by atoms with Gasteiger partial charge < -0.3 is 14.0 Å². The van der Waals surface area contributed by atoms with Crippen molar-refractivity contribution in [3.05, 3.63) is 58.5 Å². The van der Waals surface area contributed by atoms with E-state index in [2.05, 4.69) is 0 Å². The van der Waals surface area contributed by atoms with E-state index in [1.165, 1.54) is 14.2 Å². The first-order valence-corrected chi connectivity index (χ1v) is 7.40. The van der Waals surface area contributed by atoms with Crippen LogP contribution in [0.3, 0.4) is 0 Å². The number of methoxy groups -OCH3 is 2. The summed E-state index contributed by atoms with van der Waals surface area (Å²) in [7, 11) is 4.72. The lowest BCUT2D eigenvalue weighted by Gasteiger charge is -2.14. The highest BCUT2D eigenvalue weighted by molar-refractivity contribution is 5.97. The Hall–Kier alpha value is -3.08. The van der Waals surface area contributed by atoms with Crippen LogP contribution in [-0.2, 0) is 7.05 Å². The first kappa shape index (κ1) is 15.8. The molecule has 0 amide bonds. The first-order chi connectivity index (χ1) is 11.6. The molecule has 0 aliphatic rings. The molecule has 0 radical (unpaired) electrons. The van der Waals surface area contributed by atoms with Crippen LogP contribution in [0.15, 0.2) is 47.4 Å².